The second-order valence-corrected chi connectivity index (χ2v) is 5.65. The molecule has 0 aromatic heterocycles. The molecule has 0 unspecified atom stereocenters. The van der Waals surface area contributed by atoms with Gasteiger partial charge in [-0.25, -0.2) is 0 Å². The van der Waals surface area contributed by atoms with Gasteiger partial charge in [0.25, 0.3) is 0 Å². The predicted molar refractivity (Wildman–Crippen MR) is 85.5 cm³/mol. The van der Waals surface area contributed by atoms with Crippen molar-refractivity contribution in [2.75, 3.05) is 6.54 Å². The zero-order chi connectivity index (χ0) is 13.8. The van der Waals surface area contributed by atoms with Crippen LogP contribution in [0.1, 0.15) is 68.9 Å². The average molecular weight is 261 g/mol. The van der Waals surface area contributed by atoms with E-state index in [0.717, 1.165) is 6.54 Å². The summed E-state index contributed by atoms with van der Waals surface area (Å²) in [5.74, 6) is 0. The Morgan fingerprint density at radius 1 is 0.737 bits per heavy atom. The number of hydrogen-bond donors (Lipinski definition) is 1. The number of rotatable bonds is 11. The molecule has 1 aromatic rings. The molecule has 0 bridgehead atoms. The van der Waals surface area contributed by atoms with Gasteiger partial charge in [0, 0.05) is 0 Å². The summed E-state index contributed by atoms with van der Waals surface area (Å²) in [6.07, 6.45) is 13.5. The Kier molecular flexibility index (Phi) is 9.44. The molecule has 0 aliphatic carbocycles. The fourth-order valence-electron chi connectivity index (χ4n) is 2.59. The van der Waals surface area contributed by atoms with Crippen molar-refractivity contribution in [3.05, 3.63) is 35.4 Å². The molecule has 1 nitrogen and oxygen atoms in total. The van der Waals surface area contributed by atoms with E-state index in [1.165, 1.54) is 75.3 Å². The molecule has 1 heteroatoms. The van der Waals surface area contributed by atoms with Crippen molar-refractivity contribution in [2.24, 2.45) is 5.73 Å². The third-order valence-electron chi connectivity index (χ3n) is 3.91. The lowest BCUT2D eigenvalue weighted by Crippen LogP contribution is -1.97. The van der Waals surface area contributed by atoms with E-state index < -0.39 is 0 Å². The summed E-state index contributed by atoms with van der Waals surface area (Å²) < 4.78 is 0. The minimum atomic E-state index is 0.860. The Balaban J connectivity index is 1.90. The molecular formula is C18H31N. The van der Waals surface area contributed by atoms with Gasteiger partial charge in [-0.15, -0.1) is 0 Å². The lowest BCUT2D eigenvalue weighted by Gasteiger charge is -2.05. The summed E-state index contributed by atoms with van der Waals surface area (Å²) in [4.78, 5) is 0. The van der Waals surface area contributed by atoms with Crippen molar-refractivity contribution < 1.29 is 0 Å². The van der Waals surface area contributed by atoms with E-state index in [1.807, 2.05) is 0 Å². The molecule has 0 aliphatic heterocycles. The number of aryl methyl sites for hydroxylation is 2. The molecular weight excluding hydrogens is 230 g/mol. The van der Waals surface area contributed by atoms with Crippen LogP contribution in [0.25, 0.3) is 0 Å². The third kappa shape index (κ3) is 8.05. The Morgan fingerprint density at radius 3 is 1.84 bits per heavy atom. The lowest BCUT2D eigenvalue weighted by molar-refractivity contribution is 0.560. The Hall–Kier alpha value is -0.820. The van der Waals surface area contributed by atoms with E-state index in [0.29, 0.717) is 0 Å². The highest BCUT2D eigenvalue weighted by atomic mass is 14.5. The van der Waals surface area contributed by atoms with Gasteiger partial charge in [-0.3, -0.25) is 0 Å². The summed E-state index contributed by atoms with van der Waals surface area (Å²) in [7, 11) is 0. The molecule has 0 atom stereocenters. The number of benzene rings is 1. The maximum Gasteiger partial charge on any atom is -0.00773 e. The first-order valence-electron chi connectivity index (χ1n) is 8.09. The van der Waals surface area contributed by atoms with Gasteiger partial charge in [-0.1, -0.05) is 69.2 Å². The number of unbranched alkanes of at least 4 members (excludes halogenated alkanes) is 8. The van der Waals surface area contributed by atoms with Crippen LogP contribution in [0.15, 0.2) is 24.3 Å². The van der Waals surface area contributed by atoms with Gasteiger partial charge in [0.05, 0.1) is 0 Å². The quantitative estimate of drug-likeness (QED) is 0.557. The van der Waals surface area contributed by atoms with Crippen LogP contribution in [0.3, 0.4) is 0 Å². The lowest BCUT2D eigenvalue weighted by atomic mass is 10.0. The molecule has 19 heavy (non-hydrogen) atoms. The van der Waals surface area contributed by atoms with E-state index in [1.54, 1.807) is 0 Å². The van der Waals surface area contributed by atoms with Crippen LogP contribution < -0.4 is 5.73 Å². The Labute approximate surface area is 119 Å². The summed E-state index contributed by atoms with van der Waals surface area (Å²) >= 11 is 0. The number of nitrogens with two attached hydrogens (primary N) is 1. The maximum absolute atomic E-state index is 5.48. The highest BCUT2D eigenvalue weighted by Gasteiger charge is 1.97. The molecule has 0 aliphatic rings. The van der Waals surface area contributed by atoms with E-state index in [4.69, 9.17) is 5.73 Å². The molecule has 0 amide bonds. The fraction of sp³-hybridized carbons (Fsp3) is 0.667. The maximum atomic E-state index is 5.48. The number of hydrogen-bond acceptors (Lipinski definition) is 1. The van der Waals surface area contributed by atoms with Crippen molar-refractivity contribution in [1.29, 1.82) is 0 Å². The molecule has 2 N–H and O–H groups in total. The summed E-state index contributed by atoms with van der Waals surface area (Å²) in [5.41, 5.74) is 8.46. The molecule has 0 heterocycles. The van der Waals surface area contributed by atoms with E-state index in [9.17, 15) is 0 Å². The summed E-state index contributed by atoms with van der Waals surface area (Å²) in [5, 5.41) is 0. The molecule has 0 radical (unpaired) electrons. The second-order valence-electron chi connectivity index (χ2n) is 5.65. The zero-order valence-electron chi connectivity index (χ0n) is 12.7. The van der Waals surface area contributed by atoms with Crippen LogP contribution in [0, 0.1) is 6.92 Å². The fourth-order valence-corrected chi connectivity index (χ4v) is 2.59. The highest BCUT2D eigenvalue weighted by molar-refractivity contribution is 5.25. The van der Waals surface area contributed by atoms with Crippen LogP contribution in [0.4, 0.5) is 0 Å². The van der Waals surface area contributed by atoms with Crippen molar-refractivity contribution in [3.8, 4) is 0 Å². The van der Waals surface area contributed by atoms with Crippen LogP contribution in [0.5, 0.6) is 0 Å². The van der Waals surface area contributed by atoms with Gasteiger partial charge in [-0.05, 0) is 43.9 Å². The minimum Gasteiger partial charge on any atom is -0.330 e. The van der Waals surface area contributed by atoms with Crippen molar-refractivity contribution >= 4 is 0 Å². The van der Waals surface area contributed by atoms with Crippen LogP contribution >= 0.6 is 0 Å². The Morgan fingerprint density at radius 2 is 1.26 bits per heavy atom. The van der Waals surface area contributed by atoms with Gasteiger partial charge in [-0.2, -0.15) is 0 Å². The van der Waals surface area contributed by atoms with Gasteiger partial charge in [0.2, 0.25) is 0 Å². The van der Waals surface area contributed by atoms with Crippen LogP contribution in [-0.2, 0) is 6.42 Å². The molecule has 1 aromatic carbocycles. The topological polar surface area (TPSA) is 26.0 Å². The van der Waals surface area contributed by atoms with Gasteiger partial charge >= 0.3 is 0 Å². The molecule has 0 fully saturated rings. The standard InChI is InChI=1S/C18H31N/c1-17-13-10-11-15-18(17)14-9-7-5-3-2-4-6-8-12-16-19/h10-11,13,15H,2-9,12,14,16,19H2,1H3. The van der Waals surface area contributed by atoms with Gasteiger partial charge in [0.1, 0.15) is 0 Å². The molecule has 0 spiro atoms. The van der Waals surface area contributed by atoms with Gasteiger partial charge in [0.15, 0.2) is 0 Å². The second kappa shape index (κ2) is 11.0. The SMILES string of the molecule is Cc1ccccc1CCCCCCCCCCCN. The van der Waals surface area contributed by atoms with Crippen LogP contribution in [0.2, 0.25) is 0 Å². The summed E-state index contributed by atoms with van der Waals surface area (Å²) in [6.45, 7) is 3.08. The molecule has 108 valence electrons. The molecule has 0 saturated carbocycles. The normalized spacial score (nSPS) is 10.8. The first-order chi connectivity index (χ1) is 9.34. The predicted octanol–water partition coefficient (Wildman–Crippen LogP) is 5.01. The van der Waals surface area contributed by atoms with Crippen molar-refractivity contribution in [3.63, 3.8) is 0 Å². The summed E-state index contributed by atoms with van der Waals surface area (Å²) in [6, 6.07) is 8.77. The zero-order valence-corrected chi connectivity index (χ0v) is 12.7. The third-order valence-corrected chi connectivity index (χ3v) is 3.91. The minimum absolute atomic E-state index is 0.860. The average Bonchev–Trinajstić information content (AvgIpc) is 2.43. The van der Waals surface area contributed by atoms with Crippen molar-refractivity contribution in [2.45, 2.75) is 71.1 Å². The highest BCUT2D eigenvalue weighted by Crippen LogP contribution is 2.14. The monoisotopic (exact) mass is 261 g/mol. The van der Waals surface area contributed by atoms with Gasteiger partial charge < -0.3 is 5.73 Å². The van der Waals surface area contributed by atoms with E-state index in [2.05, 4.69) is 31.2 Å². The first-order valence-corrected chi connectivity index (χ1v) is 8.09. The van der Waals surface area contributed by atoms with Crippen molar-refractivity contribution in [1.82, 2.24) is 0 Å². The first kappa shape index (κ1) is 16.2. The smallest absolute Gasteiger partial charge is 0.00773 e. The molecule has 0 saturated heterocycles. The van der Waals surface area contributed by atoms with E-state index in [-0.39, 0.29) is 0 Å². The Bertz CT molecular complexity index is 319. The molecule has 1 rings (SSSR count). The van der Waals surface area contributed by atoms with Crippen LogP contribution in [-0.4, -0.2) is 6.54 Å². The van der Waals surface area contributed by atoms with E-state index >= 15 is 0 Å². The largest absolute Gasteiger partial charge is 0.330 e.